The van der Waals surface area contributed by atoms with Crippen molar-refractivity contribution in [3.05, 3.63) is 59.9 Å². The second kappa shape index (κ2) is 6.96. The van der Waals surface area contributed by atoms with Gasteiger partial charge in [-0.25, -0.2) is 4.98 Å². The number of aromatic amines is 1. The molecule has 4 rings (SSSR count). The summed E-state index contributed by atoms with van der Waals surface area (Å²) in [5, 5.41) is 2.64. The number of hydrogen-bond donors (Lipinski definition) is 2. The van der Waals surface area contributed by atoms with Crippen LogP contribution in [0.2, 0.25) is 0 Å². The lowest BCUT2D eigenvalue weighted by Crippen LogP contribution is -2.39. The summed E-state index contributed by atoms with van der Waals surface area (Å²) in [6, 6.07) is 14.3. The number of fused-ring (bicyclic) bond motifs is 1. The summed E-state index contributed by atoms with van der Waals surface area (Å²) in [5.74, 6) is 1.98. The molecule has 27 heavy (non-hydrogen) atoms. The first-order valence-corrected chi connectivity index (χ1v) is 8.79. The molecule has 1 aromatic heterocycles. The van der Waals surface area contributed by atoms with Crippen LogP contribution >= 0.6 is 0 Å². The van der Waals surface area contributed by atoms with Crippen molar-refractivity contribution in [2.45, 2.75) is 18.9 Å². The zero-order chi connectivity index (χ0) is 18.8. The van der Waals surface area contributed by atoms with Crippen molar-refractivity contribution in [1.82, 2.24) is 14.9 Å². The average molecular weight is 358 g/mol. The minimum absolute atomic E-state index is 0.229. The van der Waals surface area contributed by atoms with Gasteiger partial charge in [-0.05, 0) is 43.2 Å². The summed E-state index contributed by atoms with van der Waals surface area (Å²) in [6.07, 6.45) is 6.97. The van der Waals surface area contributed by atoms with Crippen LogP contribution in [0.3, 0.4) is 0 Å². The number of nitrogens with one attached hydrogen (secondary N) is 2. The van der Waals surface area contributed by atoms with Crippen molar-refractivity contribution in [2.75, 3.05) is 11.9 Å². The fraction of sp³-hybridized carbons (Fsp3) is 0.190. The average Bonchev–Trinajstić information content (AvgIpc) is 3.34. The molecule has 0 radical (unpaired) electrons. The number of amides is 2. The Morgan fingerprint density at radius 3 is 2.89 bits per heavy atom. The van der Waals surface area contributed by atoms with Crippen molar-refractivity contribution in [3.8, 4) is 12.3 Å². The summed E-state index contributed by atoms with van der Waals surface area (Å²) in [5.41, 5.74) is 2.91. The van der Waals surface area contributed by atoms with Crippen LogP contribution in [0.4, 0.5) is 5.69 Å². The van der Waals surface area contributed by atoms with E-state index in [0.717, 1.165) is 23.9 Å². The number of nitrogens with zero attached hydrogens (tertiary/aromatic N) is 2. The third kappa shape index (κ3) is 3.27. The molecule has 134 valence electrons. The Kier molecular flexibility index (Phi) is 4.35. The first kappa shape index (κ1) is 16.9. The summed E-state index contributed by atoms with van der Waals surface area (Å²) in [7, 11) is 0. The number of terminal acetylenes is 1. The Labute approximate surface area is 156 Å². The van der Waals surface area contributed by atoms with E-state index in [2.05, 4.69) is 21.2 Å². The molecule has 2 aromatic carbocycles. The van der Waals surface area contributed by atoms with Crippen LogP contribution in [0, 0.1) is 12.3 Å². The van der Waals surface area contributed by atoms with Crippen LogP contribution in [-0.4, -0.2) is 33.2 Å². The molecule has 1 aliphatic heterocycles. The van der Waals surface area contributed by atoms with Gasteiger partial charge in [0.2, 0.25) is 0 Å². The van der Waals surface area contributed by atoms with Gasteiger partial charge in [0.05, 0.1) is 17.1 Å². The van der Waals surface area contributed by atoms with Gasteiger partial charge in [-0.15, -0.1) is 6.42 Å². The van der Waals surface area contributed by atoms with Gasteiger partial charge in [0.1, 0.15) is 5.82 Å². The van der Waals surface area contributed by atoms with E-state index in [-0.39, 0.29) is 6.04 Å². The molecule has 1 fully saturated rings. The molecule has 2 heterocycles. The number of H-pyrrole nitrogens is 1. The quantitative estimate of drug-likeness (QED) is 0.546. The van der Waals surface area contributed by atoms with E-state index < -0.39 is 11.8 Å². The molecule has 0 unspecified atom stereocenters. The van der Waals surface area contributed by atoms with Crippen molar-refractivity contribution in [1.29, 1.82) is 0 Å². The molecule has 0 saturated carbocycles. The first-order valence-electron chi connectivity index (χ1n) is 8.79. The van der Waals surface area contributed by atoms with Gasteiger partial charge in [-0.3, -0.25) is 9.59 Å². The number of benzene rings is 2. The van der Waals surface area contributed by atoms with E-state index in [0.29, 0.717) is 23.6 Å². The maximum absolute atomic E-state index is 12.7. The van der Waals surface area contributed by atoms with E-state index in [9.17, 15) is 9.59 Å². The molecule has 1 atom stereocenters. The highest BCUT2D eigenvalue weighted by Gasteiger charge is 2.35. The Hall–Kier alpha value is -3.59. The van der Waals surface area contributed by atoms with E-state index >= 15 is 0 Å². The fourth-order valence-corrected chi connectivity index (χ4v) is 3.43. The monoisotopic (exact) mass is 358 g/mol. The number of anilines is 1. The molecule has 6 heteroatoms. The van der Waals surface area contributed by atoms with E-state index in [1.54, 1.807) is 29.2 Å². The number of aromatic nitrogens is 2. The molecule has 3 aromatic rings. The van der Waals surface area contributed by atoms with Gasteiger partial charge >= 0.3 is 11.8 Å². The van der Waals surface area contributed by atoms with Crippen LogP contribution in [0.25, 0.3) is 11.0 Å². The summed E-state index contributed by atoms with van der Waals surface area (Å²) in [6.45, 7) is 0.526. The van der Waals surface area contributed by atoms with Crippen LogP contribution in [0.1, 0.15) is 30.3 Å². The number of likely N-dealkylation sites (tertiary alicyclic amines) is 1. The van der Waals surface area contributed by atoms with Crippen molar-refractivity contribution >= 4 is 28.5 Å². The molecular weight excluding hydrogens is 340 g/mol. The number of imidazole rings is 1. The van der Waals surface area contributed by atoms with Crippen molar-refractivity contribution < 1.29 is 9.59 Å². The standard InChI is InChI=1S/C21H18N4O2/c1-2-14-7-5-8-15(13-14)22-20(26)21(27)25-12-6-11-18(25)19-23-16-9-3-4-10-17(16)24-19/h1,3-5,7-10,13,18H,6,11-12H2,(H,22,26)(H,23,24)/t18-/m1/s1. The lowest BCUT2D eigenvalue weighted by Gasteiger charge is -2.22. The topological polar surface area (TPSA) is 78.1 Å². The molecule has 2 N–H and O–H groups in total. The summed E-state index contributed by atoms with van der Waals surface area (Å²) >= 11 is 0. The lowest BCUT2D eigenvalue weighted by molar-refractivity contribution is -0.143. The minimum atomic E-state index is -0.674. The molecule has 1 saturated heterocycles. The predicted octanol–water partition coefficient (Wildman–Crippen LogP) is 2.85. The third-order valence-electron chi connectivity index (χ3n) is 4.72. The molecule has 1 aliphatic rings. The Balaban J connectivity index is 1.53. The number of hydrogen-bond acceptors (Lipinski definition) is 3. The van der Waals surface area contributed by atoms with Crippen LogP contribution in [-0.2, 0) is 9.59 Å². The Bertz CT molecular complexity index is 1030. The van der Waals surface area contributed by atoms with Crippen molar-refractivity contribution in [2.24, 2.45) is 0 Å². The maximum Gasteiger partial charge on any atom is 0.313 e. The normalized spacial score (nSPS) is 16.3. The minimum Gasteiger partial charge on any atom is -0.340 e. The lowest BCUT2D eigenvalue weighted by atomic mass is 10.2. The molecule has 0 aliphatic carbocycles. The highest BCUT2D eigenvalue weighted by molar-refractivity contribution is 6.39. The number of para-hydroxylation sites is 2. The number of carbonyl (C=O) groups is 2. The maximum atomic E-state index is 12.7. The van der Waals surface area contributed by atoms with Crippen molar-refractivity contribution in [3.63, 3.8) is 0 Å². The molecule has 0 bridgehead atoms. The largest absolute Gasteiger partial charge is 0.340 e. The van der Waals surface area contributed by atoms with Crippen LogP contribution in [0.5, 0.6) is 0 Å². The van der Waals surface area contributed by atoms with E-state index in [1.165, 1.54) is 0 Å². The zero-order valence-electron chi connectivity index (χ0n) is 14.6. The molecule has 6 nitrogen and oxygen atoms in total. The summed E-state index contributed by atoms with van der Waals surface area (Å²) in [4.78, 5) is 34.6. The smallest absolute Gasteiger partial charge is 0.313 e. The first-order chi connectivity index (χ1) is 13.2. The van der Waals surface area contributed by atoms with E-state index in [4.69, 9.17) is 6.42 Å². The second-order valence-electron chi connectivity index (χ2n) is 6.48. The molecule has 0 spiro atoms. The molecular formula is C21H18N4O2. The highest BCUT2D eigenvalue weighted by Crippen LogP contribution is 2.31. The van der Waals surface area contributed by atoms with Gasteiger partial charge in [-0.1, -0.05) is 24.1 Å². The van der Waals surface area contributed by atoms with Gasteiger partial charge in [0.15, 0.2) is 0 Å². The summed E-state index contributed by atoms with van der Waals surface area (Å²) < 4.78 is 0. The van der Waals surface area contributed by atoms with Gasteiger partial charge < -0.3 is 15.2 Å². The number of carbonyl (C=O) groups excluding carboxylic acids is 2. The van der Waals surface area contributed by atoms with Gasteiger partial charge in [0, 0.05) is 17.8 Å². The Morgan fingerprint density at radius 2 is 2.07 bits per heavy atom. The number of rotatable bonds is 2. The zero-order valence-corrected chi connectivity index (χ0v) is 14.6. The highest BCUT2D eigenvalue weighted by atomic mass is 16.2. The SMILES string of the molecule is C#Cc1cccc(NC(=O)C(=O)N2CCC[C@@H]2c2nc3ccccc3[nH]2)c1. The second-order valence-corrected chi connectivity index (χ2v) is 6.48. The third-order valence-corrected chi connectivity index (χ3v) is 4.72. The van der Waals surface area contributed by atoms with Gasteiger partial charge in [-0.2, -0.15) is 0 Å². The van der Waals surface area contributed by atoms with Crippen LogP contribution in [0.15, 0.2) is 48.5 Å². The Morgan fingerprint density at radius 1 is 1.22 bits per heavy atom. The fourth-order valence-electron chi connectivity index (χ4n) is 3.43. The van der Waals surface area contributed by atoms with Gasteiger partial charge in [0.25, 0.3) is 0 Å². The molecule has 2 amide bonds. The van der Waals surface area contributed by atoms with E-state index in [1.807, 2.05) is 24.3 Å². The van der Waals surface area contributed by atoms with Crippen LogP contribution < -0.4 is 5.32 Å². The predicted molar refractivity (Wildman–Crippen MR) is 103 cm³/mol.